The molecule has 1 aliphatic carbocycles. The molecule has 1 aromatic carbocycles. The van der Waals surface area contributed by atoms with Crippen molar-refractivity contribution in [2.24, 2.45) is 0 Å². The minimum atomic E-state index is -0.341. The Bertz CT molecular complexity index is 467. The van der Waals surface area contributed by atoms with Gasteiger partial charge in [-0.25, -0.2) is 4.79 Å². The number of carbonyl (C=O) groups excluding carboxylic acids is 1. The van der Waals surface area contributed by atoms with Gasteiger partial charge in [0.25, 0.3) is 0 Å². The molecule has 4 nitrogen and oxygen atoms in total. The van der Waals surface area contributed by atoms with E-state index in [0.29, 0.717) is 16.0 Å². The van der Waals surface area contributed by atoms with Crippen LogP contribution in [0.1, 0.15) is 29.6 Å². The van der Waals surface area contributed by atoms with Crippen LogP contribution in [-0.4, -0.2) is 30.6 Å². The second-order valence-corrected chi connectivity index (χ2v) is 6.16. The number of nitrogens with two attached hydrogens (primary N) is 1. The Morgan fingerprint density at radius 1 is 1.53 bits per heavy atom. The lowest BCUT2D eigenvalue weighted by Crippen LogP contribution is -2.40. The highest BCUT2D eigenvalue weighted by atomic mass is 32.2. The molecule has 0 amide bonds. The highest BCUT2D eigenvalue weighted by Crippen LogP contribution is 2.43. The van der Waals surface area contributed by atoms with Gasteiger partial charge >= 0.3 is 5.97 Å². The second-order valence-electron chi connectivity index (χ2n) is 4.89. The number of rotatable bonds is 5. The van der Waals surface area contributed by atoms with Crippen LogP contribution in [0.3, 0.4) is 0 Å². The first-order chi connectivity index (χ1) is 9.10. The summed E-state index contributed by atoms with van der Waals surface area (Å²) in [6, 6.07) is 5.18. The molecule has 3 N–H and O–H groups in total. The van der Waals surface area contributed by atoms with E-state index in [-0.39, 0.29) is 5.97 Å². The largest absolute Gasteiger partial charge is 0.465 e. The first-order valence-corrected chi connectivity index (χ1v) is 7.59. The molecule has 0 unspecified atom stereocenters. The first-order valence-electron chi connectivity index (χ1n) is 6.37. The Labute approximate surface area is 118 Å². The van der Waals surface area contributed by atoms with Gasteiger partial charge in [-0.1, -0.05) is 6.42 Å². The molecule has 0 radical (unpaired) electrons. The van der Waals surface area contributed by atoms with Crippen molar-refractivity contribution in [1.29, 1.82) is 0 Å². The lowest BCUT2D eigenvalue weighted by atomic mass is 9.84. The third kappa shape index (κ3) is 2.97. The molecule has 1 aromatic rings. The molecule has 0 aliphatic heterocycles. The summed E-state index contributed by atoms with van der Waals surface area (Å²) < 4.78 is 5.05. The van der Waals surface area contributed by atoms with Gasteiger partial charge < -0.3 is 15.8 Å². The molecule has 5 heteroatoms. The van der Waals surface area contributed by atoms with Crippen molar-refractivity contribution in [3.05, 3.63) is 23.8 Å². The van der Waals surface area contributed by atoms with Gasteiger partial charge in [0.1, 0.15) is 0 Å². The number of nitrogens with one attached hydrogen (secondary N) is 1. The predicted molar refractivity (Wildman–Crippen MR) is 80.8 cm³/mol. The minimum Gasteiger partial charge on any atom is -0.465 e. The summed E-state index contributed by atoms with van der Waals surface area (Å²) in [5, 5.41) is 3.37. The monoisotopic (exact) mass is 280 g/mol. The summed E-state index contributed by atoms with van der Waals surface area (Å²) in [5.41, 5.74) is 7.92. The maximum absolute atomic E-state index is 11.5. The Kier molecular flexibility index (Phi) is 4.24. The Morgan fingerprint density at radius 3 is 2.79 bits per heavy atom. The van der Waals surface area contributed by atoms with Crippen LogP contribution >= 0.6 is 11.8 Å². The van der Waals surface area contributed by atoms with E-state index >= 15 is 0 Å². The van der Waals surface area contributed by atoms with Crippen molar-refractivity contribution in [3.63, 3.8) is 0 Å². The maximum Gasteiger partial charge on any atom is 0.337 e. The van der Waals surface area contributed by atoms with E-state index < -0.39 is 0 Å². The van der Waals surface area contributed by atoms with Gasteiger partial charge in [0.15, 0.2) is 0 Å². The quantitative estimate of drug-likeness (QED) is 0.641. The number of hydrogen-bond donors (Lipinski definition) is 2. The van der Waals surface area contributed by atoms with Gasteiger partial charge in [-0.2, -0.15) is 11.8 Å². The molecule has 0 atom stereocenters. The molecule has 0 aromatic heterocycles. The fraction of sp³-hybridized carbons (Fsp3) is 0.500. The molecule has 104 valence electrons. The number of methoxy groups -OCH3 is 1. The zero-order valence-corrected chi connectivity index (χ0v) is 12.2. The summed E-state index contributed by atoms with van der Waals surface area (Å²) in [4.78, 5) is 11.5. The maximum atomic E-state index is 11.5. The molecular weight excluding hydrogens is 260 g/mol. The summed E-state index contributed by atoms with van der Waals surface area (Å²) in [6.07, 6.45) is 5.91. The average Bonchev–Trinajstić information content (AvgIpc) is 2.39. The van der Waals surface area contributed by atoms with Crippen molar-refractivity contribution in [1.82, 2.24) is 0 Å². The highest BCUT2D eigenvalue weighted by Gasteiger charge is 2.35. The zero-order valence-electron chi connectivity index (χ0n) is 11.4. The van der Waals surface area contributed by atoms with Gasteiger partial charge in [0.2, 0.25) is 0 Å². The van der Waals surface area contributed by atoms with Gasteiger partial charge in [0, 0.05) is 11.3 Å². The zero-order chi connectivity index (χ0) is 13.9. The number of benzene rings is 1. The summed E-state index contributed by atoms with van der Waals surface area (Å²) >= 11 is 1.90. The molecule has 1 fully saturated rings. The molecule has 0 spiro atoms. The van der Waals surface area contributed by atoms with Crippen LogP contribution in [0.2, 0.25) is 0 Å². The Balaban J connectivity index is 2.08. The van der Waals surface area contributed by atoms with Crippen LogP contribution in [-0.2, 0) is 4.74 Å². The van der Waals surface area contributed by atoms with E-state index in [2.05, 4.69) is 11.6 Å². The lowest BCUT2D eigenvalue weighted by Gasteiger charge is -2.40. The van der Waals surface area contributed by atoms with Crippen LogP contribution in [0, 0.1) is 0 Å². The van der Waals surface area contributed by atoms with Gasteiger partial charge in [0.05, 0.1) is 24.0 Å². The molecule has 0 saturated heterocycles. The lowest BCUT2D eigenvalue weighted by molar-refractivity contribution is 0.0601. The normalized spacial score (nSPS) is 16.5. The summed E-state index contributed by atoms with van der Waals surface area (Å²) in [6.45, 7) is 0.878. The number of esters is 1. The van der Waals surface area contributed by atoms with Crippen LogP contribution in [0.25, 0.3) is 0 Å². The van der Waals surface area contributed by atoms with Crippen LogP contribution < -0.4 is 11.1 Å². The fourth-order valence-electron chi connectivity index (χ4n) is 2.23. The Morgan fingerprint density at radius 2 is 2.26 bits per heavy atom. The first kappa shape index (κ1) is 14.1. The van der Waals surface area contributed by atoms with Crippen molar-refractivity contribution in [2.75, 3.05) is 31.0 Å². The van der Waals surface area contributed by atoms with Gasteiger partial charge in [-0.3, -0.25) is 0 Å². The van der Waals surface area contributed by atoms with Crippen molar-refractivity contribution >= 4 is 29.1 Å². The summed E-state index contributed by atoms with van der Waals surface area (Å²) in [7, 11) is 1.38. The topological polar surface area (TPSA) is 64.3 Å². The van der Waals surface area contributed by atoms with E-state index in [1.54, 1.807) is 18.2 Å². The van der Waals surface area contributed by atoms with E-state index in [9.17, 15) is 4.79 Å². The molecular formula is C14H20N2O2S. The number of anilines is 2. The van der Waals surface area contributed by atoms with E-state index in [4.69, 9.17) is 10.5 Å². The smallest absolute Gasteiger partial charge is 0.337 e. The van der Waals surface area contributed by atoms with Gasteiger partial charge in [-0.05, 0) is 37.3 Å². The van der Waals surface area contributed by atoms with Crippen LogP contribution in [0.15, 0.2) is 18.2 Å². The van der Waals surface area contributed by atoms with Crippen molar-refractivity contribution in [3.8, 4) is 0 Å². The van der Waals surface area contributed by atoms with E-state index in [0.717, 1.165) is 12.2 Å². The number of carbonyl (C=O) groups is 1. The molecule has 1 aliphatic rings. The molecule has 0 bridgehead atoms. The fourth-order valence-corrected chi connectivity index (χ4v) is 3.15. The highest BCUT2D eigenvalue weighted by molar-refractivity contribution is 8.00. The van der Waals surface area contributed by atoms with Crippen LogP contribution in [0.4, 0.5) is 11.4 Å². The third-order valence-corrected chi connectivity index (χ3v) is 5.19. The molecule has 0 heterocycles. The molecule has 19 heavy (non-hydrogen) atoms. The molecule has 1 saturated carbocycles. The van der Waals surface area contributed by atoms with Crippen molar-refractivity contribution < 1.29 is 9.53 Å². The van der Waals surface area contributed by atoms with Crippen molar-refractivity contribution in [2.45, 2.75) is 24.0 Å². The Hall–Kier alpha value is -1.36. The van der Waals surface area contributed by atoms with E-state index in [1.807, 2.05) is 11.8 Å². The third-order valence-electron chi connectivity index (χ3n) is 3.77. The number of hydrogen-bond acceptors (Lipinski definition) is 5. The van der Waals surface area contributed by atoms with Gasteiger partial charge in [-0.15, -0.1) is 0 Å². The number of ether oxygens (including phenoxy) is 1. The van der Waals surface area contributed by atoms with E-state index in [1.165, 1.54) is 26.4 Å². The van der Waals surface area contributed by atoms with Crippen LogP contribution in [0.5, 0.6) is 0 Å². The number of nitrogen functional groups attached to an aromatic ring is 1. The predicted octanol–water partition coefficient (Wildman–Crippen LogP) is 2.75. The average molecular weight is 280 g/mol. The standard InChI is InChI=1S/C14H20N2O2S/c1-18-13(17)10-4-5-11(15)12(8-10)16-9-14(19-2)6-3-7-14/h4-5,8,16H,3,6-7,9,15H2,1-2H3. The second kappa shape index (κ2) is 5.74. The number of thioether (sulfide) groups is 1. The molecule has 2 rings (SSSR count). The summed E-state index contributed by atoms with van der Waals surface area (Å²) in [5.74, 6) is -0.341. The minimum absolute atomic E-state index is 0.327. The SMILES string of the molecule is COC(=O)c1ccc(N)c(NCC2(SC)CCC2)c1.